The number of nitrogens with two attached hydrogens (primary N) is 1. The highest BCUT2D eigenvalue weighted by atomic mass is 16.3. The lowest BCUT2D eigenvalue weighted by atomic mass is 9.93. The number of phenols is 2. The van der Waals surface area contributed by atoms with Crippen LogP contribution in [0.25, 0.3) is 11.1 Å². The third-order valence-corrected chi connectivity index (χ3v) is 12.7. The van der Waals surface area contributed by atoms with Gasteiger partial charge < -0.3 is 62.3 Å². The van der Waals surface area contributed by atoms with Crippen LogP contribution in [0.1, 0.15) is 128 Å². The van der Waals surface area contributed by atoms with E-state index >= 15 is 0 Å². The zero-order valence-electron chi connectivity index (χ0n) is 42.9. The summed E-state index contributed by atoms with van der Waals surface area (Å²) < 4.78 is 0. The number of hydrogen-bond donors (Lipinski definition) is 9. The lowest BCUT2D eigenvalue weighted by Gasteiger charge is -2.30. The number of aliphatic hydroxyl groups excluding tert-OH is 1. The minimum Gasteiger partial charge on any atom is -0.507 e. The standard InChI is InChI=1S/C51H77N9O12/c1-8-9-10-11-12-13-14-15-16-17-18-19-20-21-41(64)59(6)38(30-61)48(69)57-45(52)50(71)53-29-42(65)60(7)43-34-23-25-40(63)36(28-34)35-26-33(22-24-39(35)62)27-37(56-46(67)32(3)55-49(43)70)47(68)54-31(2)44(66)51(72)58(4)5/h22-26,28,31-32,37-38,43,45,61-63H,8-21,27,29-30,52H2,1-7H3,(H,53,71)(H,54,68)(H,55,70)(H,56,67)(H,57,69)/t31-,32-,37-,38+,43-,45-/m0/s1. The number of nitrogens with zero attached hydrogens (tertiary/aromatic N) is 3. The maximum absolute atomic E-state index is 14.2. The predicted octanol–water partition coefficient (Wildman–Crippen LogP) is 1.79. The van der Waals surface area contributed by atoms with Crippen molar-refractivity contribution in [3.05, 3.63) is 47.5 Å². The predicted molar refractivity (Wildman–Crippen MR) is 268 cm³/mol. The van der Waals surface area contributed by atoms with E-state index < -0.39 is 96.7 Å². The Hall–Kier alpha value is -6.61. The fraction of sp³-hybridized carbons (Fsp3) is 0.588. The Kier molecular flexibility index (Phi) is 24.6. The first-order valence-corrected chi connectivity index (χ1v) is 24.9. The van der Waals surface area contributed by atoms with Crippen molar-refractivity contribution in [2.75, 3.05) is 41.3 Å². The SMILES string of the molecule is CCCCCCCCCCCCCCCC(=O)N(C)[C@H](CO)C(=O)N[C@H](N)C(=O)NCC(=O)N(C)[C@@H]1C(=O)N[C@@H](C)C(=O)N[C@H](C(=O)N[C@@H](C)C(=O)C(=O)N(C)C)Cc2ccc(O)c(c2)-c2cc1ccc2O. The number of aromatic hydroxyl groups is 2. The number of amides is 8. The van der Waals surface area contributed by atoms with Gasteiger partial charge in [-0.25, -0.2) is 0 Å². The third kappa shape index (κ3) is 17.9. The van der Waals surface area contributed by atoms with E-state index in [9.17, 15) is 58.5 Å². The van der Waals surface area contributed by atoms with Gasteiger partial charge in [0, 0.05) is 52.2 Å². The number of phenolic OH excluding ortho intramolecular Hbond substituents is 2. The van der Waals surface area contributed by atoms with Crippen LogP contribution in [-0.4, -0.2) is 155 Å². The molecule has 1 aliphatic heterocycles. The monoisotopic (exact) mass is 1010 g/mol. The Morgan fingerprint density at radius 1 is 0.736 bits per heavy atom. The van der Waals surface area contributed by atoms with E-state index in [1.807, 2.05) is 0 Å². The first-order chi connectivity index (χ1) is 34.1. The minimum absolute atomic E-state index is 0.0187. The molecule has 1 aliphatic rings. The molecule has 4 bridgehead atoms. The number of carbonyl (C=O) groups is 9. The van der Waals surface area contributed by atoms with Gasteiger partial charge >= 0.3 is 0 Å². The Bertz CT molecular complexity index is 2220. The number of benzene rings is 2. The summed E-state index contributed by atoms with van der Waals surface area (Å²) in [4.78, 5) is 123. The molecule has 0 fully saturated rings. The second-order valence-corrected chi connectivity index (χ2v) is 18.7. The molecule has 0 aliphatic carbocycles. The summed E-state index contributed by atoms with van der Waals surface area (Å²) >= 11 is 0. The molecule has 3 rings (SSSR count). The number of unbranched alkanes of at least 4 members (excludes halogenated alkanes) is 12. The van der Waals surface area contributed by atoms with Crippen molar-refractivity contribution < 1.29 is 58.5 Å². The molecule has 2 aromatic carbocycles. The molecule has 0 radical (unpaired) electrons. The molecule has 0 spiro atoms. The number of rotatable bonds is 26. The van der Waals surface area contributed by atoms with Gasteiger partial charge in [-0.15, -0.1) is 0 Å². The first-order valence-electron chi connectivity index (χ1n) is 24.9. The number of likely N-dealkylation sites (N-methyl/N-ethyl adjacent to an activating group) is 3. The van der Waals surface area contributed by atoms with Crippen molar-refractivity contribution in [2.45, 2.75) is 153 Å². The second-order valence-electron chi connectivity index (χ2n) is 18.7. The van der Waals surface area contributed by atoms with Crippen LogP contribution >= 0.6 is 0 Å². The molecule has 0 saturated carbocycles. The maximum atomic E-state index is 14.2. The van der Waals surface area contributed by atoms with Gasteiger partial charge in [-0.05, 0) is 55.7 Å². The minimum atomic E-state index is -1.73. The van der Waals surface area contributed by atoms with Gasteiger partial charge in [-0.3, -0.25) is 43.2 Å². The second kappa shape index (κ2) is 29.7. The number of aliphatic hydroxyl groups is 1. The van der Waals surface area contributed by atoms with Gasteiger partial charge in [0.25, 0.3) is 11.8 Å². The van der Waals surface area contributed by atoms with Crippen LogP contribution < -0.4 is 32.3 Å². The van der Waals surface area contributed by atoms with Crippen LogP contribution in [-0.2, 0) is 49.6 Å². The van der Waals surface area contributed by atoms with Crippen LogP contribution in [0.15, 0.2) is 36.4 Å². The summed E-state index contributed by atoms with van der Waals surface area (Å²) in [5.41, 5.74) is 6.53. The summed E-state index contributed by atoms with van der Waals surface area (Å²) in [6.07, 6.45) is 13.1. The molecule has 2 aromatic rings. The smallest absolute Gasteiger partial charge is 0.291 e. The van der Waals surface area contributed by atoms with Crippen LogP contribution in [0.4, 0.5) is 0 Å². The molecule has 398 valence electrons. The van der Waals surface area contributed by atoms with Crippen LogP contribution in [0.2, 0.25) is 0 Å². The maximum Gasteiger partial charge on any atom is 0.291 e. The van der Waals surface area contributed by atoms with Gasteiger partial charge in [-0.2, -0.15) is 0 Å². The van der Waals surface area contributed by atoms with Gasteiger partial charge in [0.2, 0.25) is 41.2 Å². The first kappa shape index (κ1) is 59.7. The van der Waals surface area contributed by atoms with Crippen molar-refractivity contribution in [3.8, 4) is 22.6 Å². The zero-order valence-corrected chi connectivity index (χ0v) is 42.9. The topological polar surface area (TPSA) is 310 Å². The van der Waals surface area contributed by atoms with Crippen molar-refractivity contribution in [3.63, 3.8) is 0 Å². The quantitative estimate of drug-likeness (QED) is 0.0370. The Labute approximate surface area is 422 Å². The molecule has 21 nitrogen and oxygen atoms in total. The molecule has 0 saturated heterocycles. The van der Waals surface area contributed by atoms with Crippen LogP contribution in [0, 0.1) is 0 Å². The molecular formula is C51H77N9O12. The largest absolute Gasteiger partial charge is 0.507 e. The van der Waals surface area contributed by atoms with E-state index in [-0.39, 0.29) is 46.9 Å². The Balaban J connectivity index is 1.68. The number of carbonyl (C=O) groups excluding carboxylic acids is 9. The average Bonchev–Trinajstić information content (AvgIpc) is 3.34. The molecule has 0 unspecified atom stereocenters. The molecule has 6 atom stereocenters. The lowest BCUT2D eigenvalue weighted by Crippen LogP contribution is -2.59. The normalized spacial score (nSPS) is 16.9. The summed E-state index contributed by atoms with van der Waals surface area (Å²) in [6, 6.07) is 1.20. The summed E-state index contributed by atoms with van der Waals surface area (Å²) in [5, 5.41) is 44.2. The van der Waals surface area contributed by atoms with E-state index in [1.54, 1.807) is 0 Å². The average molecular weight is 1010 g/mol. The number of nitrogens with one attached hydrogen (secondary N) is 5. The highest BCUT2D eigenvalue weighted by molar-refractivity contribution is 6.38. The molecule has 0 aromatic heterocycles. The number of Topliss-reactive ketones (excluding diaryl/α,β-unsaturated/α-hetero) is 1. The molecule has 1 heterocycles. The summed E-state index contributed by atoms with van der Waals surface area (Å²) in [5.74, 6) is -8.21. The summed E-state index contributed by atoms with van der Waals surface area (Å²) in [7, 11) is 5.35. The van der Waals surface area contributed by atoms with Gasteiger partial charge in [0.1, 0.15) is 35.7 Å². The summed E-state index contributed by atoms with van der Waals surface area (Å²) in [6.45, 7) is 3.32. The number of fused-ring (bicyclic) bond motifs is 5. The molecule has 8 amide bonds. The van der Waals surface area contributed by atoms with E-state index in [4.69, 9.17) is 5.73 Å². The van der Waals surface area contributed by atoms with Crippen LogP contribution in [0.3, 0.4) is 0 Å². The van der Waals surface area contributed by atoms with Crippen molar-refractivity contribution >= 4 is 53.0 Å². The molecule has 10 N–H and O–H groups in total. The molecule has 72 heavy (non-hydrogen) atoms. The zero-order chi connectivity index (χ0) is 53.7. The molecular weight excluding hydrogens is 931 g/mol. The lowest BCUT2D eigenvalue weighted by molar-refractivity contribution is -0.144. The highest BCUT2D eigenvalue weighted by Crippen LogP contribution is 2.38. The van der Waals surface area contributed by atoms with E-state index in [0.717, 1.165) is 40.4 Å². The van der Waals surface area contributed by atoms with Gasteiger partial charge in [0.05, 0.1) is 19.2 Å². The highest BCUT2D eigenvalue weighted by Gasteiger charge is 2.35. The van der Waals surface area contributed by atoms with Crippen molar-refractivity contribution in [1.82, 2.24) is 41.3 Å². The number of ketones is 1. The third-order valence-electron chi connectivity index (χ3n) is 12.7. The Morgan fingerprint density at radius 2 is 1.29 bits per heavy atom. The van der Waals surface area contributed by atoms with Gasteiger partial charge in [0.15, 0.2) is 6.17 Å². The fourth-order valence-corrected chi connectivity index (χ4v) is 8.18. The number of hydrogen-bond acceptors (Lipinski definition) is 13. The van der Waals surface area contributed by atoms with E-state index in [2.05, 4.69) is 33.5 Å². The van der Waals surface area contributed by atoms with Crippen LogP contribution in [0.5, 0.6) is 11.5 Å². The van der Waals surface area contributed by atoms with E-state index in [1.165, 1.54) is 130 Å². The molecule has 21 heteroatoms. The Morgan fingerprint density at radius 3 is 1.86 bits per heavy atom. The fourth-order valence-electron chi connectivity index (χ4n) is 8.18. The van der Waals surface area contributed by atoms with E-state index in [0.29, 0.717) is 12.0 Å². The van der Waals surface area contributed by atoms with Crippen molar-refractivity contribution in [1.29, 1.82) is 0 Å². The van der Waals surface area contributed by atoms with Gasteiger partial charge in [-0.1, -0.05) is 96.1 Å². The van der Waals surface area contributed by atoms with Crippen molar-refractivity contribution in [2.24, 2.45) is 5.73 Å².